The predicted octanol–water partition coefficient (Wildman–Crippen LogP) is 4.73. The summed E-state index contributed by atoms with van der Waals surface area (Å²) >= 11 is 1.32. The quantitative estimate of drug-likeness (QED) is 0.239. The van der Waals surface area contributed by atoms with Gasteiger partial charge in [-0.15, -0.1) is 6.58 Å². The molecule has 0 saturated carbocycles. The van der Waals surface area contributed by atoms with Crippen molar-refractivity contribution in [2.75, 3.05) is 6.61 Å². The first-order valence-electron chi connectivity index (χ1n) is 13.0. The molecule has 1 aliphatic rings. The number of carbonyl (C=O) groups excluding carboxylic acids is 1. The summed E-state index contributed by atoms with van der Waals surface area (Å²) in [7, 11) is 0. The Kier molecular flexibility index (Phi) is 7.39. The summed E-state index contributed by atoms with van der Waals surface area (Å²) in [5.41, 5.74) is 3.47. The van der Waals surface area contributed by atoms with Crippen LogP contribution in [0.4, 0.5) is 0 Å². The number of thiazole rings is 1. The van der Waals surface area contributed by atoms with Crippen LogP contribution in [0.15, 0.2) is 88.4 Å². The number of aromatic nitrogens is 2. The summed E-state index contributed by atoms with van der Waals surface area (Å²) in [6.07, 6.45) is 5.48. The second kappa shape index (κ2) is 10.9. The zero-order valence-electron chi connectivity index (χ0n) is 22.5. The highest BCUT2D eigenvalue weighted by molar-refractivity contribution is 7.07. The molecule has 2 aromatic heterocycles. The number of rotatable bonds is 8. The first-order valence-corrected chi connectivity index (χ1v) is 13.8. The summed E-state index contributed by atoms with van der Waals surface area (Å²) in [4.78, 5) is 32.5. The lowest BCUT2D eigenvalue weighted by molar-refractivity contribution is -0.143. The van der Waals surface area contributed by atoms with E-state index in [0.717, 1.165) is 27.8 Å². The number of fused-ring (bicyclic) bond motifs is 2. The van der Waals surface area contributed by atoms with Crippen molar-refractivity contribution in [2.24, 2.45) is 4.99 Å². The normalized spacial score (nSPS) is 15.4. The fourth-order valence-electron chi connectivity index (χ4n) is 4.91. The van der Waals surface area contributed by atoms with Crippen LogP contribution in [0.25, 0.3) is 17.0 Å². The Labute approximate surface area is 230 Å². The molecule has 200 valence electrons. The molecule has 0 radical (unpaired) electrons. The lowest BCUT2D eigenvalue weighted by atomic mass is 9.96. The van der Waals surface area contributed by atoms with Crippen molar-refractivity contribution >= 4 is 34.3 Å². The topological polar surface area (TPSA) is 74.8 Å². The maximum Gasteiger partial charge on any atom is 0.338 e. The van der Waals surface area contributed by atoms with Crippen LogP contribution >= 0.6 is 11.3 Å². The summed E-state index contributed by atoms with van der Waals surface area (Å²) in [6.45, 7) is 12.4. The third-order valence-corrected chi connectivity index (χ3v) is 7.51. The molecule has 0 spiro atoms. The Balaban J connectivity index is 1.70. The second-order valence-corrected chi connectivity index (χ2v) is 10.6. The minimum atomic E-state index is -0.674. The first kappa shape index (κ1) is 26.4. The Morgan fingerprint density at radius 1 is 1.18 bits per heavy atom. The van der Waals surface area contributed by atoms with E-state index >= 15 is 0 Å². The van der Waals surface area contributed by atoms with E-state index in [4.69, 9.17) is 14.5 Å². The molecule has 0 N–H and O–H groups in total. The number of hydrogen-bond donors (Lipinski definition) is 0. The molecule has 3 heterocycles. The van der Waals surface area contributed by atoms with Gasteiger partial charge in [0, 0.05) is 29.2 Å². The molecule has 2 aromatic carbocycles. The summed E-state index contributed by atoms with van der Waals surface area (Å²) in [5, 5.41) is 1.05. The third kappa shape index (κ3) is 5.00. The van der Waals surface area contributed by atoms with E-state index in [9.17, 15) is 9.59 Å². The first-order chi connectivity index (χ1) is 18.8. The number of hydrogen-bond acceptors (Lipinski definition) is 6. The van der Waals surface area contributed by atoms with Gasteiger partial charge in [0.1, 0.15) is 5.75 Å². The van der Waals surface area contributed by atoms with Gasteiger partial charge < -0.3 is 14.0 Å². The van der Waals surface area contributed by atoms with Gasteiger partial charge in [0.2, 0.25) is 0 Å². The molecular formula is C31H31N3O4S. The molecule has 1 atom stereocenters. The zero-order chi connectivity index (χ0) is 27.7. The average Bonchev–Trinajstić information content (AvgIpc) is 3.40. The summed E-state index contributed by atoms with van der Waals surface area (Å²) < 4.78 is 15.5. The molecule has 0 fully saturated rings. The van der Waals surface area contributed by atoms with Crippen LogP contribution in [0.2, 0.25) is 0 Å². The van der Waals surface area contributed by atoms with Crippen molar-refractivity contribution in [2.45, 2.75) is 46.4 Å². The van der Waals surface area contributed by atoms with Gasteiger partial charge in [0.25, 0.3) is 5.56 Å². The van der Waals surface area contributed by atoms with Crippen molar-refractivity contribution in [1.82, 2.24) is 9.13 Å². The van der Waals surface area contributed by atoms with Crippen LogP contribution in [0.5, 0.6) is 5.75 Å². The standard InChI is InChI=1S/C31H31N3O4S/c1-6-16-33-18-22(24-10-8-9-11-25(24)33)17-26-29(35)34-28(21-12-14-23(15-13-21)37-7-2)27(30(36)38-19(3)4)20(5)32-31(34)39-26/h6,8-15,17-19,28H,1,7,16H2,2-5H3/b26-17+/t28-/m1/s1. The van der Waals surface area contributed by atoms with Crippen molar-refractivity contribution < 1.29 is 14.3 Å². The fourth-order valence-corrected chi connectivity index (χ4v) is 5.95. The van der Waals surface area contributed by atoms with Crippen molar-refractivity contribution in [3.8, 4) is 5.75 Å². The van der Waals surface area contributed by atoms with Gasteiger partial charge in [-0.2, -0.15) is 0 Å². The van der Waals surface area contributed by atoms with E-state index in [-0.39, 0.29) is 11.7 Å². The molecule has 39 heavy (non-hydrogen) atoms. The van der Waals surface area contributed by atoms with Crippen molar-refractivity contribution in [3.05, 3.63) is 109 Å². The Morgan fingerprint density at radius 3 is 2.62 bits per heavy atom. The smallest absolute Gasteiger partial charge is 0.338 e. The average molecular weight is 542 g/mol. The monoisotopic (exact) mass is 541 g/mol. The van der Waals surface area contributed by atoms with E-state index in [1.165, 1.54) is 11.3 Å². The minimum Gasteiger partial charge on any atom is -0.494 e. The maximum atomic E-state index is 14.0. The highest BCUT2D eigenvalue weighted by atomic mass is 32.1. The molecule has 4 aromatic rings. The molecular weight excluding hydrogens is 510 g/mol. The molecule has 0 saturated heterocycles. The highest BCUT2D eigenvalue weighted by Gasteiger charge is 2.33. The number of esters is 1. The van der Waals surface area contributed by atoms with E-state index in [2.05, 4.69) is 17.2 Å². The van der Waals surface area contributed by atoms with E-state index in [1.54, 1.807) is 25.3 Å². The number of nitrogens with zero attached hydrogens (tertiary/aromatic N) is 3. The van der Waals surface area contributed by atoms with Gasteiger partial charge in [0.05, 0.1) is 34.6 Å². The largest absolute Gasteiger partial charge is 0.494 e. The molecule has 8 heteroatoms. The van der Waals surface area contributed by atoms with Gasteiger partial charge in [0.15, 0.2) is 4.80 Å². The lowest BCUT2D eigenvalue weighted by Crippen LogP contribution is -2.40. The van der Waals surface area contributed by atoms with Crippen LogP contribution in [0.3, 0.4) is 0 Å². The van der Waals surface area contributed by atoms with Crippen LogP contribution in [-0.2, 0) is 16.1 Å². The minimum absolute atomic E-state index is 0.208. The molecule has 0 unspecified atom stereocenters. The Bertz CT molecular complexity index is 1770. The molecule has 0 bridgehead atoms. The highest BCUT2D eigenvalue weighted by Crippen LogP contribution is 2.32. The number of allylic oxidation sites excluding steroid dienone is 2. The Hall–Kier alpha value is -4.17. The van der Waals surface area contributed by atoms with Gasteiger partial charge >= 0.3 is 5.97 Å². The van der Waals surface area contributed by atoms with Crippen molar-refractivity contribution in [3.63, 3.8) is 0 Å². The number of benzene rings is 2. The predicted molar refractivity (Wildman–Crippen MR) is 155 cm³/mol. The van der Waals surface area contributed by atoms with Gasteiger partial charge in [-0.1, -0.05) is 47.7 Å². The molecule has 0 amide bonds. The third-order valence-electron chi connectivity index (χ3n) is 6.52. The molecule has 1 aliphatic heterocycles. The van der Waals surface area contributed by atoms with Crippen LogP contribution in [0.1, 0.15) is 44.9 Å². The van der Waals surface area contributed by atoms with Crippen LogP contribution in [0, 0.1) is 0 Å². The summed E-state index contributed by atoms with van der Waals surface area (Å²) in [6, 6.07) is 14.9. The lowest BCUT2D eigenvalue weighted by Gasteiger charge is -2.25. The van der Waals surface area contributed by atoms with Gasteiger partial charge in [-0.05, 0) is 57.5 Å². The zero-order valence-corrected chi connectivity index (χ0v) is 23.3. The maximum absolute atomic E-state index is 14.0. The SMILES string of the molecule is C=CCn1cc(/C=c2/sc3n(c2=O)[C@H](c2ccc(OCC)cc2)C(C(=O)OC(C)C)=C(C)N=3)c2ccccc21. The van der Waals surface area contributed by atoms with Crippen LogP contribution < -0.4 is 19.6 Å². The Morgan fingerprint density at radius 2 is 1.92 bits per heavy atom. The van der Waals surface area contributed by atoms with Gasteiger partial charge in [-0.3, -0.25) is 9.36 Å². The number of carbonyl (C=O) groups is 1. The van der Waals surface area contributed by atoms with Gasteiger partial charge in [-0.25, -0.2) is 9.79 Å². The molecule has 0 aliphatic carbocycles. The fraction of sp³-hybridized carbons (Fsp3) is 0.258. The van der Waals surface area contributed by atoms with E-state index in [0.29, 0.717) is 33.8 Å². The van der Waals surface area contributed by atoms with E-state index < -0.39 is 12.0 Å². The molecule has 5 rings (SSSR count). The molecule has 7 nitrogen and oxygen atoms in total. The van der Waals surface area contributed by atoms with Crippen LogP contribution in [-0.4, -0.2) is 27.8 Å². The van der Waals surface area contributed by atoms with Crippen molar-refractivity contribution in [1.29, 1.82) is 0 Å². The van der Waals surface area contributed by atoms with E-state index in [1.807, 2.05) is 67.7 Å². The number of para-hydroxylation sites is 1. The number of ether oxygens (including phenoxy) is 2. The second-order valence-electron chi connectivity index (χ2n) is 9.58. The summed E-state index contributed by atoms with van der Waals surface area (Å²) in [5.74, 6) is 0.239.